The number of hydrogen-bond acceptors (Lipinski definition) is 1. The van der Waals surface area contributed by atoms with Crippen molar-refractivity contribution in [1.29, 1.82) is 0 Å². The Morgan fingerprint density at radius 3 is 2.10 bits per heavy atom. The van der Waals surface area contributed by atoms with Crippen LogP contribution < -0.4 is 5.32 Å². The fourth-order valence-corrected chi connectivity index (χ4v) is 0.979. The van der Waals surface area contributed by atoms with Crippen molar-refractivity contribution in [3.63, 3.8) is 0 Å². The number of hydrogen-bond donors (Lipinski definition) is 1. The molecule has 0 spiro atoms. The first kappa shape index (κ1) is 9.54. The van der Waals surface area contributed by atoms with E-state index < -0.39 is 0 Å². The van der Waals surface area contributed by atoms with Crippen LogP contribution in [0.4, 0.5) is 0 Å². The van der Waals surface area contributed by atoms with Crippen molar-refractivity contribution < 1.29 is 0 Å². The van der Waals surface area contributed by atoms with Crippen LogP contribution in [0.5, 0.6) is 0 Å². The molecule has 1 heteroatoms. The Labute approximate surface area is 64.5 Å². The van der Waals surface area contributed by atoms with Gasteiger partial charge in [-0.1, -0.05) is 19.4 Å². The third-order valence-electron chi connectivity index (χ3n) is 1.73. The summed E-state index contributed by atoms with van der Waals surface area (Å²) < 4.78 is 0. The van der Waals surface area contributed by atoms with E-state index in [9.17, 15) is 0 Å². The summed E-state index contributed by atoms with van der Waals surface area (Å²) in [7, 11) is 1.97. The minimum Gasteiger partial charge on any atom is -0.392 e. The summed E-state index contributed by atoms with van der Waals surface area (Å²) in [6.07, 6.45) is 1.20. The van der Waals surface area contributed by atoms with Gasteiger partial charge in [0, 0.05) is 12.7 Å². The summed E-state index contributed by atoms with van der Waals surface area (Å²) in [5.74, 6) is 0.767. The summed E-state index contributed by atoms with van der Waals surface area (Å²) in [5, 5.41) is 3.15. The zero-order valence-electron chi connectivity index (χ0n) is 7.78. The Hall–Kier alpha value is -0.460. The molecular weight excluding hydrogens is 122 g/mol. The van der Waals surface area contributed by atoms with Crippen molar-refractivity contribution >= 4 is 0 Å². The largest absolute Gasteiger partial charge is 0.392 e. The topological polar surface area (TPSA) is 12.0 Å². The first-order chi connectivity index (χ1) is 4.57. The third-order valence-corrected chi connectivity index (χ3v) is 1.73. The first-order valence-corrected chi connectivity index (χ1v) is 3.92. The van der Waals surface area contributed by atoms with Crippen LogP contribution in [0.15, 0.2) is 11.3 Å². The highest BCUT2D eigenvalue weighted by atomic mass is 14.8. The summed E-state index contributed by atoms with van der Waals surface area (Å²) in [4.78, 5) is 0. The van der Waals surface area contributed by atoms with E-state index in [1.807, 2.05) is 7.05 Å². The van der Waals surface area contributed by atoms with Crippen molar-refractivity contribution in [3.05, 3.63) is 11.3 Å². The maximum absolute atomic E-state index is 3.15. The third kappa shape index (κ3) is 3.54. The van der Waals surface area contributed by atoms with Gasteiger partial charge in [0.2, 0.25) is 0 Å². The molecule has 0 saturated carbocycles. The molecule has 0 rings (SSSR count). The number of allylic oxidation sites excluding steroid dienone is 2. The smallest absolute Gasteiger partial charge is 0.00616 e. The van der Waals surface area contributed by atoms with Crippen molar-refractivity contribution in [3.8, 4) is 0 Å². The average molecular weight is 141 g/mol. The molecule has 0 aliphatic heterocycles. The molecule has 1 N–H and O–H groups in total. The molecule has 0 heterocycles. The maximum atomic E-state index is 3.15. The molecule has 0 aromatic rings. The lowest BCUT2D eigenvalue weighted by Crippen LogP contribution is -2.05. The van der Waals surface area contributed by atoms with E-state index in [2.05, 4.69) is 33.0 Å². The molecule has 60 valence electrons. The normalized spacial score (nSPS) is 13.4. The van der Waals surface area contributed by atoms with Gasteiger partial charge in [-0.05, 0) is 26.2 Å². The van der Waals surface area contributed by atoms with E-state index in [1.165, 1.54) is 17.7 Å². The highest BCUT2D eigenvalue weighted by molar-refractivity contribution is 5.07. The van der Waals surface area contributed by atoms with E-state index in [0.29, 0.717) is 0 Å². The Balaban J connectivity index is 3.92. The lowest BCUT2D eigenvalue weighted by atomic mass is 10.0. The van der Waals surface area contributed by atoms with Gasteiger partial charge in [-0.2, -0.15) is 0 Å². The second-order valence-electron chi connectivity index (χ2n) is 3.25. The van der Waals surface area contributed by atoms with Crippen molar-refractivity contribution in [2.24, 2.45) is 5.92 Å². The monoisotopic (exact) mass is 141 g/mol. The predicted octanol–water partition coefficient (Wildman–Crippen LogP) is 2.55. The molecule has 0 aliphatic carbocycles. The fourth-order valence-electron chi connectivity index (χ4n) is 0.979. The lowest BCUT2D eigenvalue weighted by molar-refractivity contribution is 0.634. The summed E-state index contributed by atoms with van der Waals surface area (Å²) in [5.41, 5.74) is 2.78. The molecule has 0 fully saturated rings. The average Bonchev–Trinajstić information content (AvgIpc) is 1.85. The molecule has 0 aromatic carbocycles. The van der Waals surface area contributed by atoms with E-state index >= 15 is 0 Å². The Morgan fingerprint density at radius 2 is 1.80 bits per heavy atom. The van der Waals surface area contributed by atoms with E-state index in [0.717, 1.165) is 5.92 Å². The fraction of sp³-hybridized carbons (Fsp3) is 0.778. The van der Waals surface area contributed by atoms with E-state index in [-0.39, 0.29) is 0 Å². The molecular formula is C9H19N. The number of rotatable bonds is 3. The van der Waals surface area contributed by atoms with Gasteiger partial charge in [0.05, 0.1) is 0 Å². The quantitative estimate of drug-likeness (QED) is 0.637. The summed E-state index contributed by atoms with van der Waals surface area (Å²) in [6.45, 7) is 8.79. The van der Waals surface area contributed by atoms with Gasteiger partial charge in [-0.15, -0.1) is 0 Å². The van der Waals surface area contributed by atoms with Gasteiger partial charge in [-0.3, -0.25) is 0 Å². The van der Waals surface area contributed by atoms with Crippen molar-refractivity contribution in [2.75, 3.05) is 7.05 Å². The molecule has 0 amide bonds. The zero-order valence-corrected chi connectivity index (χ0v) is 7.78. The Bertz CT molecular complexity index is 123. The van der Waals surface area contributed by atoms with Crippen LogP contribution in [0.3, 0.4) is 0 Å². The van der Waals surface area contributed by atoms with Crippen LogP contribution in [0, 0.1) is 5.92 Å². The first-order valence-electron chi connectivity index (χ1n) is 3.92. The van der Waals surface area contributed by atoms with E-state index in [1.54, 1.807) is 0 Å². The second-order valence-corrected chi connectivity index (χ2v) is 3.25. The van der Waals surface area contributed by atoms with Crippen molar-refractivity contribution in [2.45, 2.75) is 34.1 Å². The zero-order chi connectivity index (χ0) is 8.15. The molecule has 10 heavy (non-hydrogen) atoms. The van der Waals surface area contributed by atoms with Crippen molar-refractivity contribution in [1.82, 2.24) is 5.32 Å². The molecule has 0 saturated heterocycles. The van der Waals surface area contributed by atoms with Crippen LogP contribution in [-0.2, 0) is 0 Å². The van der Waals surface area contributed by atoms with Gasteiger partial charge in [0.25, 0.3) is 0 Å². The lowest BCUT2D eigenvalue weighted by Gasteiger charge is -2.08. The Morgan fingerprint density at radius 1 is 1.30 bits per heavy atom. The minimum absolute atomic E-state index is 0.767. The molecule has 0 bridgehead atoms. The molecule has 0 radical (unpaired) electrons. The van der Waals surface area contributed by atoms with Crippen LogP contribution in [-0.4, -0.2) is 7.05 Å². The van der Waals surface area contributed by atoms with Crippen LogP contribution in [0.25, 0.3) is 0 Å². The van der Waals surface area contributed by atoms with Gasteiger partial charge in [-0.25, -0.2) is 0 Å². The SMILES string of the molecule is CN/C(C)=C(/C)CC(C)C. The predicted molar refractivity (Wildman–Crippen MR) is 46.9 cm³/mol. The molecule has 1 nitrogen and oxygen atoms in total. The summed E-state index contributed by atoms with van der Waals surface area (Å²) in [6, 6.07) is 0. The second kappa shape index (κ2) is 4.37. The van der Waals surface area contributed by atoms with Gasteiger partial charge in [0.1, 0.15) is 0 Å². The molecule has 0 unspecified atom stereocenters. The maximum Gasteiger partial charge on any atom is 0.00616 e. The van der Waals surface area contributed by atoms with Crippen LogP contribution in [0.2, 0.25) is 0 Å². The van der Waals surface area contributed by atoms with Gasteiger partial charge in [0.15, 0.2) is 0 Å². The van der Waals surface area contributed by atoms with Gasteiger partial charge >= 0.3 is 0 Å². The highest BCUT2D eigenvalue weighted by Crippen LogP contribution is 2.11. The molecule has 0 atom stereocenters. The standard InChI is InChI=1S/C9H19N/c1-7(2)6-8(3)9(4)10-5/h7,10H,6H2,1-5H3/b9-8-. The van der Waals surface area contributed by atoms with Gasteiger partial charge < -0.3 is 5.32 Å². The Kier molecular flexibility index (Phi) is 4.17. The number of nitrogens with one attached hydrogen (secondary N) is 1. The molecule has 0 aromatic heterocycles. The highest BCUT2D eigenvalue weighted by Gasteiger charge is 1.97. The summed E-state index contributed by atoms with van der Waals surface area (Å²) >= 11 is 0. The molecule has 0 aliphatic rings. The van der Waals surface area contributed by atoms with E-state index in [4.69, 9.17) is 0 Å². The van der Waals surface area contributed by atoms with Crippen LogP contribution in [0.1, 0.15) is 34.1 Å². The van der Waals surface area contributed by atoms with Crippen LogP contribution >= 0.6 is 0 Å². The minimum atomic E-state index is 0.767.